The summed E-state index contributed by atoms with van der Waals surface area (Å²) in [6, 6.07) is 10.3. The number of benzene rings is 1. The highest BCUT2D eigenvalue weighted by atomic mass is 15.2. The first kappa shape index (κ1) is 15.4. The molecule has 0 aromatic heterocycles. The molecule has 0 bridgehead atoms. The summed E-state index contributed by atoms with van der Waals surface area (Å²) in [7, 11) is 0. The highest BCUT2D eigenvalue weighted by Gasteiger charge is 2.23. The van der Waals surface area contributed by atoms with Gasteiger partial charge in [0.05, 0.1) is 5.70 Å². The Kier molecular flexibility index (Phi) is 4.52. The van der Waals surface area contributed by atoms with Gasteiger partial charge in [0.1, 0.15) is 0 Å². The van der Waals surface area contributed by atoms with Gasteiger partial charge < -0.3 is 10.6 Å². The maximum absolute atomic E-state index is 6.45. The Labute approximate surface area is 139 Å². The molecule has 118 valence electrons. The molecule has 2 aliphatic rings. The maximum atomic E-state index is 6.45. The third-order valence-corrected chi connectivity index (χ3v) is 4.49. The number of nitrogens with zero attached hydrogens (tertiary/aromatic N) is 1. The number of allylic oxidation sites excluding steroid dienone is 7. The van der Waals surface area contributed by atoms with Gasteiger partial charge in [-0.2, -0.15) is 0 Å². The molecule has 1 aromatic carbocycles. The Morgan fingerprint density at radius 2 is 2.00 bits per heavy atom. The molecule has 1 unspecified atom stereocenters. The van der Waals surface area contributed by atoms with Crippen molar-refractivity contribution in [3.63, 3.8) is 0 Å². The lowest BCUT2D eigenvalue weighted by molar-refractivity contribution is 0.541. The lowest BCUT2D eigenvalue weighted by Gasteiger charge is -2.34. The Bertz CT molecular complexity index is 705. The molecular formula is C21H24N2. The van der Waals surface area contributed by atoms with E-state index in [1.165, 1.54) is 5.70 Å². The molecule has 2 N–H and O–H groups in total. The van der Waals surface area contributed by atoms with Crippen LogP contribution in [0.3, 0.4) is 0 Å². The van der Waals surface area contributed by atoms with E-state index in [0.29, 0.717) is 5.92 Å². The van der Waals surface area contributed by atoms with Gasteiger partial charge in [-0.1, -0.05) is 62.1 Å². The van der Waals surface area contributed by atoms with Crippen LogP contribution in [0.15, 0.2) is 84.4 Å². The van der Waals surface area contributed by atoms with Crippen molar-refractivity contribution in [3.05, 3.63) is 89.9 Å². The average Bonchev–Trinajstić information content (AvgIpc) is 2.60. The molecule has 3 rings (SSSR count). The fourth-order valence-corrected chi connectivity index (χ4v) is 3.07. The maximum Gasteiger partial charge on any atom is 0.0645 e. The van der Waals surface area contributed by atoms with E-state index in [0.717, 1.165) is 41.9 Å². The van der Waals surface area contributed by atoms with E-state index >= 15 is 0 Å². The summed E-state index contributed by atoms with van der Waals surface area (Å²) in [6.45, 7) is 6.55. The third kappa shape index (κ3) is 3.16. The second-order valence-corrected chi connectivity index (χ2v) is 6.15. The summed E-state index contributed by atoms with van der Waals surface area (Å²) in [5, 5.41) is 0. The van der Waals surface area contributed by atoms with Crippen molar-refractivity contribution in [1.29, 1.82) is 0 Å². The Morgan fingerprint density at radius 1 is 1.22 bits per heavy atom. The quantitative estimate of drug-likeness (QED) is 0.852. The molecule has 1 atom stereocenters. The second-order valence-electron chi connectivity index (χ2n) is 6.15. The second kappa shape index (κ2) is 6.74. The number of hydrogen-bond donors (Lipinski definition) is 1. The van der Waals surface area contributed by atoms with E-state index in [1.54, 1.807) is 0 Å². The molecule has 2 aliphatic carbocycles. The van der Waals surface area contributed by atoms with E-state index in [2.05, 4.69) is 60.9 Å². The molecule has 0 fully saturated rings. The highest BCUT2D eigenvalue weighted by molar-refractivity contribution is 5.67. The van der Waals surface area contributed by atoms with Gasteiger partial charge in [0.25, 0.3) is 0 Å². The summed E-state index contributed by atoms with van der Waals surface area (Å²) in [5.41, 5.74) is 11.8. The van der Waals surface area contributed by atoms with Gasteiger partial charge in [0, 0.05) is 23.0 Å². The lowest BCUT2D eigenvalue weighted by atomic mass is 9.95. The van der Waals surface area contributed by atoms with Gasteiger partial charge >= 0.3 is 0 Å². The molecule has 0 spiro atoms. The van der Waals surface area contributed by atoms with Crippen molar-refractivity contribution >= 4 is 5.70 Å². The van der Waals surface area contributed by atoms with E-state index in [1.807, 2.05) is 18.2 Å². The normalized spacial score (nSPS) is 20.4. The summed E-state index contributed by atoms with van der Waals surface area (Å²) in [6.07, 6.45) is 13.9. The summed E-state index contributed by atoms with van der Waals surface area (Å²) in [4.78, 5) is 2.24. The van der Waals surface area contributed by atoms with Crippen molar-refractivity contribution in [3.8, 4) is 0 Å². The standard InChI is InChI=1S/C21H24N2/c1-16-10-9-15-20(21(16)22)23(19-13-7-4-8-14-19)17(2)18-11-5-3-6-12-18/h3-7,9,11-13,15-16H,2,8,10,14,22H2,1H3. The molecule has 0 radical (unpaired) electrons. The van der Waals surface area contributed by atoms with Gasteiger partial charge in [0.15, 0.2) is 0 Å². The van der Waals surface area contributed by atoms with Crippen molar-refractivity contribution in [2.45, 2.75) is 26.2 Å². The fraction of sp³-hybridized carbons (Fsp3) is 0.238. The molecular weight excluding hydrogens is 280 g/mol. The smallest absolute Gasteiger partial charge is 0.0645 e. The van der Waals surface area contributed by atoms with Crippen LogP contribution < -0.4 is 5.73 Å². The van der Waals surface area contributed by atoms with Crippen LogP contribution in [0.1, 0.15) is 31.7 Å². The molecule has 0 saturated carbocycles. The molecule has 0 saturated heterocycles. The van der Waals surface area contributed by atoms with Gasteiger partial charge in [-0.25, -0.2) is 0 Å². The zero-order valence-corrected chi connectivity index (χ0v) is 13.7. The minimum atomic E-state index is 0.362. The van der Waals surface area contributed by atoms with Gasteiger partial charge in [0.2, 0.25) is 0 Å². The van der Waals surface area contributed by atoms with Gasteiger partial charge in [-0.05, 0) is 37.0 Å². The number of hydrogen-bond acceptors (Lipinski definition) is 2. The summed E-state index contributed by atoms with van der Waals surface area (Å²) in [5.74, 6) is 0.362. The first-order chi connectivity index (χ1) is 11.2. The molecule has 2 heteroatoms. The third-order valence-electron chi connectivity index (χ3n) is 4.49. The van der Waals surface area contributed by atoms with E-state index in [4.69, 9.17) is 5.73 Å². The zero-order chi connectivity index (χ0) is 16.2. The minimum absolute atomic E-state index is 0.362. The zero-order valence-electron chi connectivity index (χ0n) is 13.7. The van der Waals surface area contributed by atoms with Crippen molar-refractivity contribution in [2.75, 3.05) is 0 Å². The molecule has 1 aromatic rings. The molecule has 2 nitrogen and oxygen atoms in total. The predicted molar refractivity (Wildman–Crippen MR) is 97.9 cm³/mol. The Balaban J connectivity index is 2.06. The largest absolute Gasteiger partial charge is 0.400 e. The summed E-state index contributed by atoms with van der Waals surface area (Å²) < 4.78 is 0. The molecule has 23 heavy (non-hydrogen) atoms. The van der Waals surface area contributed by atoms with Crippen LogP contribution in [0.25, 0.3) is 5.70 Å². The first-order valence-electron chi connectivity index (χ1n) is 8.25. The monoisotopic (exact) mass is 304 g/mol. The van der Waals surface area contributed by atoms with E-state index in [9.17, 15) is 0 Å². The van der Waals surface area contributed by atoms with Crippen LogP contribution in [0, 0.1) is 5.92 Å². The summed E-state index contributed by atoms with van der Waals surface area (Å²) >= 11 is 0. The highest BCUT2D eigenvalue weighted by Crippen LogP contribution is 2.35. The van der Waals surface area contributed by atoms with Crippen molar-refractivity contribution in [2.24, 2.45) is 11.7 Å². The molecule has 0 amide bonds. The lowest BCUT2D eigenvalue weighted by Crippen LogP contribution is -2.27. The van der Waals surface area contributed by atoms with E-state index < -0.39 is 0 Å². The van der Waals surface area contributed by atoms with E-state index in [-0.39, 0.29) is 0 Å². The van der Waals surface area contributed by atoms with Crippen LogP contribution in [0.4, 0.5) is 0 Å². The fourth-order valence-electron chi connectivity index (χ4n) is 3.07. The molecule has 0 heterocycles. The van der Waals surface area contributed by atoms with Crippen LogP contribution in [-0.4, -0.2) is 4.90 Å². The van der Waals surface area contributed by atoms with Gasteiger partial charge in [-0.3, -0.25) is 0 Å². The Morgan fingerprint density at radius 3 is 2.70 bits per heavy atom. The Hall–Kier alpha value is -2.48. The molecule has 0 aliphatic heterocycles. The number of nitrogens with two attached hydrogens (primary N) is 1. The van der Waals surface area contributed by atoms with Crippen molar-refractivity contribution in [1.82, 2.24) is 4.90 Å². The number of rotatable bonds is 4. The van der Waals surface area contributed by atoms with Crippen molar-refractivity contribution < 1.29 is 0 Å². The average molecular weight is 304 g/mol. The van der Waals surface area contributed by atoms with Crippen LogP contribution >= 0.6 is 0 Å². The first-order valence-corrected chi connectivity index (χ1v) is 8.25. The van der Waals surface area contributed by atoms with Gasteiger partial charge in [-0.15, -0.1) is 0 Å². The SMILES string of the molecule is C=C(c1ccccc1)N(C1=CC=CCC1)C1=C(N)C(C)CC=C1. The topological polar surface area (TPSA) is 29.3 Å². The van der Waals surface area contributed by atoms with Crippen LogP contribution in [-0.2, 0) is 0 Å². The van der Waals surface area contributed by atoms with Crippen LogP contribution in [0.5, 0.6) is 0 Å². The minimum Gasteiger partial charge on any atom is -0.400 e. The van der Waals surface area contributed by atoms with Crippen LogP contribution in [0.2, 0.25) is 0 Å². The predicted octanol–water partition coefficient (Wildman–Crippen LogP) is 4.96.